The van der Waals surface area contributed by atoms with Crippen LogP contribution in [0.1, 0.15) is 36.5 Å². The Morgan fingerprint density at radius 3 is 2.72 bits per heavy atom. The smallest absolute Gasteiger partial charge is 0.207 e. The zero-order chi connectivity index (χ0) is 19.5. The van der Waals surface area contributed by atoms with Crippen LogP contribution in [0.25, 0.3) is 6.08 Å². The third-order valence-corrected chi connectivity index (χ3v) is 5.62. The Bertz CT molecular complexity index is 984. The first kappa shape index (κ1) is 20.8. The predicted molar refractivity (Wildman–Crippen MR) is 103 cm³/mol. The molecule has 29 heavy (non-hydrogen) atoms. The Kier molecular flexibility index (Phi) is 5.48. The van der Waals surface area contributed by atoms with E-state index in [9.17, 15) is 5.26 Å². The molecule has 0 aliphatic carbocycles. The molecule has 5 rings (SSSR count). The first-order chi connectivity index (χ1) is 13.5. The summed E-state index contributed by atoms with van der Waals surface area (Å²) in [5, 5.41) is 9.21. The van der Waals surface area contributed by atoms with Crippen LogP contribution in [0.4, 0.5) is 0 Å². The van der Waals surface area contributed by atoms with Crippen molar-refractivity contribution < 1.29 is 70.8 Å². The van der Waals surface area contributed by atoms with Gasteiger partial charge in [-0.3, -0.25) is 0 Å². The molecular formula is C22H22CeO6. The van der Waals surface area contributed by atoms with E-state index in [0.29, 0.717) is 12.4 Å². The van der Waals surface area contributed by atoms with Crippen LogP contribution in [0.3, 0.4) is 0 Å². The Balaban J connectivity index is 0.00000205. The summed E-state index contributed by atoms with van der Waals surface area (Å²) in [6.45, 7) is 4.51. The van der Waals surface area contributed by atoms with Gasteiger partial charge < -0.3 is 23.8 Å². The fourth-order valence-corrected chi connectivity index (χ4v) is 4.21. The van der Waals surface area contributed by atoms with Gasteiger partial charge in [0.05, 0.1) is 12.7 Å². The number of benzene rings is 2. The quantitative estimate of drug-likeness (QED) is 0.471. The average molecular weight is 523 g/mol. The number of methoxy groups -OCH3 is 1. The van der Waals surface area contributed by atoms with Crippen LogP contribution in [0.15, 0.2) is 30.3 Å². The largest absolute Gasteiger partial charge is 0.493 e. The van der Waals surface area contributed by atoms with Crippen LogP contribution < -0.4 is 23.8 Å². The monoisotopic (exact) mass is 522 g/mol. The van der Waals surface area contributed by atoms with E-state index in [1.165, 1.54) is 7.11 Å². The standard InChI is InChI=1S/C22H22O6.Ce/c1-22(2)7-6-13-16(27-22)5-4-12-8-14-15-9-19(28-23)18(24-3)10-17(15)25-11-20(14)26-21(12)13;/h4-7,9-10,14,20,23H,8,11H2,1-3H3;. The van der Waals surface area contributed by atoms with Crippen molar-refractivity contribution in [1.29, 1.82) is 0 Å². The van der Waals surface area contributed by atoms with E-state index in [-0.39, 0.29) is 65.1 Å². The Morgan fingerprint density at radius 2 is 1.97 bits per heavy atom. The second kappa shape index (κ2) is 7.65. The summed E-state index contributed by atoms with van der Waals surface area (Å²) in [5.74, 6) is 3.22. The summed E-state index contributed by atoms with van der Waals surface area (Å²) >= 11 is 0. The van der Waals surface area contributed by atoms with Gasteiger partial charge in [-0.1, -0.05) is 6.07 Å². The van der Waals surface area contributed by atoms with Crippen LogP contribution >= 0.6 is 0 Å². The van der Waals surface area contributed by atoms with Gasteiger partial charge in [-0.25, -0.2) is 5.26 Å². The summed E-state index contributed by atoms with van der Waals surface area (Å²) < 4.78 is 23.7. The molecule has 1 N–H and O–H groups in total. The first-order valence-electron chi connectivity index (χ1n) is 9.36. The van der Waals surface area contributed by atoms with Gasteiger partial charge in [-0.05, 0) is 50.1 Å². The molecule has 2 aromatic carbocycles. The van der Waals surface area contributed by atoms with E-state index in [1.54, 1.807) is 12.1 Å². The molecule has 6 nitrogen and oxygen atoms in total. The van der Waals surface area contributed by atoms with Crippen molar-refractivity contribution in [2.24, 2.45) is 0 Å². The minimum Gasteiger partial charge on any atom is -0.493 e. The third kappa shape index (κ3) is 3.50. The molecule has 3 aliphatic rings. The van der Waals surface area contributed by atoms with E-state index in [1.807, 2.05) is 19.9 Å². The van der Waals surface area contributed by atoms with Crippen LogP contribution in [0.5, 0.6) is 28.7 Å². The molecule has 0 bridgehead atoms. The second-order valence-electron chi connectivity index (χ2n) is 7.91. The van der Waals surface area contributed by atoms with Gasteiger partial charge in [0, 0.05) is 59.3 Å². The molecule has 2 unspecified atom stereocenters. The van der Waals surface area contributed by atoms with Crippen molar-refractivity contribution in [3.63, 3.8) is 0 Å². The maximum absolute atomic E-state index is 9.21. The van der Waals surface area contributed by atoms with Gasteiger partial charge in [0.2, 0.25) is 5.75 Å². The Morgan fingerprint density at radius 1 is 1.14 bits per heavy atom. The fraction of sp³-hybridized carbons (Fsp3) is 0.364. The molecule has 0 saturated carbocycles. The molecule has 0 amide bonds. The number of hydrogen-bond acceptors (Lipinski definition) is 6. The van der Waals surface area contributed by atoms with Gasteiger partial charge in [0.25, 0.3) is 0 Å². The van der Waals surface area contributed by atoms with Gasteiger partial charge in [-0.15, -0.1) is 0 Å². The van der Waals surface area contributed by atoms with E-state index >= 15 is 0 Å². The molecule has 2 aromatic rings. The summed E-state index contributed by atoms with van der Waals surface area (Å²) in [5.41, 5.74) is 2.72. The Hall–Kier alpha value is -1.48. The van der Waals surface area contributed by atoms with Crippen LogP contribution in [-0.4, -0.2) is 30.7 Å². The summed E-state index contributed by atoms with van der Waals surface area (Å²) in [6, 6.07) is 7.60. The van der Waals surface area contributed by atoms with Crippen molar-refractivity contribution >= 4 is 6.08 Å². The molecule has 0 radical (unpaired) electrons. The topological polar surface area (TPSA) is 66.4 Å². The molecule has 150 valence electrons. The van der Waals surface area contributed by atoms with Gasteiger partial charge in [0.1, 0.15) is 35.6 Å². The molecular weight excluding hydrogens is 500 g/mol. The average Bonchev–Trinajstić information content (AvgIpc) is 2.70. The number of ether oxygens (including phenoxy) is 4. The summed E-state index contributed by atoms with van der Waals surface area (Å²) in [4.78, 5) is 4.50. The SMILES string of the molecule is COc1cc2c(cc1OO)C1Cc3ccc4c(c3OC1CO2)C=CC(C)(C)O4.[Ce]. The van der Waals surface area contributed by atoms with Crippen molar-refractivity contribution in [1.82, 2.24) is 0 Å². The number of rotatable bonds is 2. The van der Waals surface area contributed by atoms with Crippen molar-refractivity contribution in [3.8, 4) is 28.7 Å². The molecule has 2 atom stereocenters. The van der Waals surface area contributed by atoms with Gasteiger partial charge >= 0.3 is 0 Å². The summed E-state index contributed by atoms with van der Waals surface area (Å²) in [6.07, 6.45) is 4.81. The maximum Gasteiger partial charge on any atom is 0.207 e. The first-order valence-corrected chi connectivity index (χ1v) is 9.36. The molecule has 3 heterocycles. The zero-order valence-corrected chi connectivity index (χ0v) is 19.7. The minimum atomic E-state index is -0.328. The molecule has 0 spiro atoms. The number of hydrogen-bond donors (Lipinski definition) is 1. The maximum atomic E-state index is 9.21. The van der Waals surface area contributed by atoms with Crippen LogP contribution in [0.2, 0.25) is 0 Å². The fourth-order valence-electron chi connectivity index (χ4n) is 4.21. The van der Waals surface area contributed by atoms with Crippen molar-refractivity contribution in [2.45, 2.75) is 37.9 Å². The summed E-state index contributed by atoms with van der Waals surface area (Å²) in [7, 11) is 1.52. The second-order valence-corrected chi connectivity index (χ2v) is 7.91. The number of fused-ring (bicyclic) bond motifs is 6. The molecule has 0 aromatic heterocycles. The van der Waals surface area contributed by atoms with Crippen LogP contribution in [0, 0.1) is 41.7 Å². The van der Waals surface area contributed by atoms with Crippen molar-refractivity contribution in [2.75, 3.05) is 13.7 Å². The van der Waals surface area contributed by atoms with Gasteiger partial charge in [-0.2, -0.15) is 0 Å². The van der Waals surface area contributed by atoms with E-state index in [2.05, 4.69) is 23.1 Å². The van der Waals surface area contributed by atoms with Crippen LogP contribution in [-0.2, 0) is 6.42 Å². The molecule has 3 aliphatic heterocycles. The minimum absolute atomic E-state index is 0. The zero-order valence-electron chi connectivity index (χ0n) is 16.5. The molecule has 0 fully saturated rings. The van der Waals surface area contributed by atoms with E-state index in [4.69, 9.17) is 18.9 Å². The van der Waals surface area contributed by atoms with Crippen molar-refractivity contribution in [3.05, 3.63) is 47.0 Å². The van der Waals surface area contributed by atoms with Gasteiger partial charge in [0.15, 0.2) is 5.75 Å². The third-order valence-electron chi connectivity index (χ3n) is 5.62. The van der Waals surface area contributed by atoms with E-state index in [0.717, 1.165) is 40.4 Å². The molecule has 0 saturated heterocycles. The predicted octanol–water partition coefficient (Wildman–Crippen LogP) is 4.21. The molecule has 7 heteroatoms. The normalized spacial score (nSPS) is 22.2. The van der Waals surface area contributed by atoms with E-state index < -0.39 is 0 Å². The Labute approximate surface area is 203 Å².